The molecule has 2 aromatic carbocycles. The molecule has 122 valence electrons. The van der Waals surface area contributed by atoms with E-state index < -0.39 is 10.0 Å². The maximum atomic E-state index is 12.1. The van der Waals surface area contributed by atoms with Crippen molar-refractivity contribution in [1.29, 1.82) is 0 Å². The summed E-state index contributed by atoms with van der Waals surface area (Å²) in [5, 5.41) is 2.78. The number of benzene rings is 2. The van der Waals surface area contributed by atoms with Crippen molar-refractivity contribution < 1.29 is 17.9 Å². The molecule has 0 aliphatic heterocycles. The summed E-state index contributed by atoms with van der Waals surface area (Å²) in [7, 11) is -0.566. The maximum Gasteiger partial charge on any atom is 0.251 e. The van der Waals surface area contributed by atoms with Gasteiger partial charge in [0.2, 0.25) is 10.0 Å². The van der Waals surface area contributed by atoms with E-state index in [1.807, 2.05) is 24.3 Å². The lowest BCUT2D eigenvalue weighted by molar-refractivity contribution is 0.0951. The average Bonchev–Trinajstić information content (AvgIpc) is 2.60. The van der Waals surface area contributed by atoms with Gasteiger partial charge in [-0.25, -0.2) is 13.1 Å². The number of carbonyl (C=O) groups is 1. The predicted molar refractivity (Wildman–Crippen MR) is 86.9 cm³/mol. The molecule has 0 saturated carbocycles. The molecule has 0 aliphatic rings. The zero-order valence-corrected chi connectivity index (χ0v) is 13.7. The van der Waals surface area contributed by atoms with Gasteiger partial charge in [-0.05, 0) is 49.0 Å². The molecule has 0 aliphatic carbocycles. The van der Waals surface area contributed by atoms with Crippen LogP contribution in [-0.4, -0.2) is 28.5 Å². The molecule has 23 heavy (non-hydrogen) atoms. The molecule has 1 amide bonds. The van der Waals surface area contributed by atoms with E-state index in [1.54, 1.807) is 7.11 Å². The topological polar surface area (TPSA) is 84.5 Å². The summed E-state index contributed by atoms with van der Waals surface area (Å²) in [5.74, 6) is 0.482. The maximum absolute atomic E-state index is 12.1. The molecule has 0 heterocycles. The highest BCUT2D eigenvalue weighted by Gasteiger charge is 2.12. The van der Waals surface area contributed by atoms with Crippen LogP contribution in [0.2, 0.25) is 0 Å². The number of methoxy groups -OCH3 is 1. The lowest BCUT2D eigenvalue weighted by atomic mass is 10.2. The van der Waals surface area contributed by atoms with Crippen molar-refractivity contribution in [2.75, 3.05) is 14.2 Å². The highest BCUT2D eigenvalue weighted by atomic mass is 32.2. The summed E-state index contributed by atoms with van der Waals surface area (Å²) in [6.45, 7) is 0.374. The van der Waals surface area contributed by atoms with Crippen LogP contribution in [0.1, 0.15) is 15.9 Å². The molecule has 0 bridgehead atoms. The number of carbonyl (C=O) groups excluding carboxylic acids is 1. The molecule has 6 nitrogen and oxygen atoms in total. The van der Waals surface area contributed by atoms with Crippen molar-refractivity contribution in [3.8, 4) is 5.75 Å². The molecule has 0 aromatic heterocycles. The Labute approximate surface area is 135 Å². The van der Waals surface area contributed by atoms with Crippen LogP contribution in [0.5, 0.6) is 5.75 Å². The minimum atomic E-state index is -3.50. The lowest BCUT2D eigenvalue weighted by Gasteiger charge is -2.07. The zero-order chi connectivity index (χ0) is 16.9. The van der Waals surface area contributed by atoms with Crippen LogP contribution in [0.15, 0.2) is 53.4 Å². The molecule has 0 saturated heterocycles. The van der Waals surface area contributed by atoms with Crippen LogP contribution in [0.4, 0.5) is 0 Å². The second kappa shape index (κ2) is 7.26. The Morgan fingerprint density at radius 1 is 1.04 bits per heavy atom. The van der Waals surface area contributed by atoms with Gasteiger partial charge >= 0.3 is 0 Å². The van der Waals surface area contributed by atoms with Gasteiger partial charge in [-0.2, -0.15) is 0 Å². The molecule has 2 rings (SSSR count). The van der Waals surface area contributed by atoms with Crippen molar-refractivity contribution in [3.05, 3.63) is 59.7 Å². The third-order valence-corrected chi connectivity index (χ3v) is 4.74. The minimum absolute atomic E-state index is 0.117. The van der Waals surface area contributed by atoms with Crippen LogP contribution < -0.4 is 14.8 Å². The lowest BCUT2D eigenvalue weighted by Crippen LogP contribution is -2.23. The standard InChI is InChI=1S/C16H18N2O4S/c1-17-23(20,21)15-9-5-13(6-10-15)16(19)18-11-12-3-7-14(22-2)8-4-12/h3-10,17H,11H2,1-2H3,(H,18,19). The Morgan fingerprint density at radius 3 is 2.17 bits per heavy atom. The second-order valence-corrected chi connectivity index (χ2v) is 6.65. The summed E-state index contributed by atoms with van der Waals surface area (Å²) >= 11 is 0. The number of rotatable bonds is 6. The van der Waals surface area contributed by atoms with Crippen LogP contribution >= 0.6 is 0 Å². The largest absolute Gasteiger partial charge is 0.497 e. The Bertz CT molecular complexity index is 769. The molecule has 0 radical (unpaired) electrons. The third kappa shape index (κ3) is 4.30. The van der Waals surface area contributed by atoms with E-state index >= 15 is 0 Å². The smallest absolute Gasteiger partial charge is 0.251 e. The summed E-state index contributed by atoms with van der Waals surface area (Å²) < 4.78 is 30.5. The average molecular weight is 334 g/mol. The van der Waals surface area contributed by atoms with Crippen molar-refractivity contribution in [1.82, 2.24) is 10.0 Å². The van der Waals surface area contributed by atoms with E-state index in [4.69, 9.17) is 4.74 Å². The fourth-order valence-electron chi connectivity index (χ4n) is 1.93. The van der Waals surface area contributed by atoms with Crippen molar-refractivity contribution in [2.45, 2.75) is 11.4 Å². The molecule has 0 unspecified atom stereocenters. The fourth-order valence-corrected chi connectivity index (χ4v) is 2.66. The quantitative estimate of drug-likeness (QED) is 0.839. The first kappa shape index (κ1) is 17.0. The van der Waals surface area contributed by atoms with Crippen LogP contribution in [0, 0.1) is 0 Å². The zero-order valence-electron chi connectivity index (χ0n) is 12.9. The van der Waals surface area contributed by atoms with Gasteiger partial charge in [0.1, 0.15) is 5.75 Å². The van der Waals surface area contributed by atoms with Gasteiger partial charge in [-0.3, -0.25) is 4.79 Å². The van der Waals surface area contributed by atoms with Gasteiger partial charge in [-0.15, -0.1) is 0 Å². The molecule has 2 aromatic rings. The normalized spacial score (nSPS) is 11.0. The predicted octanol–water partition coefficient (Wildman–Crippen LogP) is 1.53. The van der Waals surface area contributed by atoms with E-state index in [1.165, 1.54) is 31.3 Å². The highest BCUT2D eigenvalue weighted by molar-refractivity contribution is 7.89. The first-order valence-corrected chi connectivity index (χ1v) is 8.39. The van der Waals surface area contributed by atoms with Gasteiger partial charge in [0.15, 0.2) is 0 Å². The summed E-state index contributed by atoms with van der Waals surface area (Å²) in [5.41, 5.74) is 1.34. The molecule has 0 atom stereocenters. The number of hydrogen-bond acceptors (Lipinski definition) is 4. The van der Waals surface area contributed by atoms with Gasteiger partial charge in [0.25, 0.3) is 5.91 Å². The van der Waals surface area contributed by atoms with Crippen molar-refractivity contribution in [3.63, 3.8) is 0 Å². The van der Waals surface area contributed by atoms with Crippen LogP contribution in [0.3, 0.4) is 0 Å². The number of nitrogens with one attached hydrogen (secondary N) is 2. The van der Waals surface area contributed by atoms with Gasteiger partial charge < -0.3 is 10.1 Å². The van der Waals surface area contributed by atoms with Gasteiger partial charge in [0, 0.05) is 12.1 Å². The van der Waals surface area contributed by atoms with E-state index in [0.717, 1.165) is 11.3 Å². The van der Waals surface area contributed by atoms with E-state index in [9.17, 15) is 13.2 Å². The number of hydrogen-bond donors (Lipinski definition) is 2. The Hall–Kier alpha value is -2.38. The first-order valence-electron chi connectivity index (χ1n) is 6.91. The number of sulfonamides is 1. The van der Waals surface area contributed by atoms with E-state index in [0.29, 0.717) is 12.1 Å². The first-order chi connectivity index (χ1) is 11.0. The van der Waals surface area contributed by atoms with E-state index in [-0.39, 0.29) is 10.8 Å². The molecular weight excluding hydrogens is 316 g/mol. The summed E-state index contributed by atoms with van der Waals surface area (Å²) in [6.07, 6.45) is 0. The number of amides is 1. The Morgan fingerprint density at radius 2 is 1.65 bits per heavy atom. The Kier molecular flexibility index (Phi) is 5.36. The van der Waals surface area contributed by atoms with Gasteiger partial charge in [0.05, 0.1) is 12.0 Å². The molecule has 0 fully saturated rings. The monoisotopic (exact) mass is 334 g/mol. The molecule has 0 spiro atoms. The number of ether oxygens (including phenoxy) is 1. The molecule has 7 heteroatoms. The third-order valence-electron chi connectivity index (χ3n) is 3.31. The SMILES string of the molecule is CNS(=O)(=O)c1ccc(C(=O)NCc2ccc(OC)cc2)cc1. The van der Waals surface area contributed by atoms with Crippen LogP contribution in [0.25, 0.3) is 0 Å². The second-order valence-electron chi connectivity index (χ2n) is 4.76. The minimum Gasteiger partial charge on any atom is -0.497 e. The van der Waals surface area contributed by atoms with E-state index in [2.05, 4.69) is 10.0 Å². The van der Waals surface area contributed by atoms with Crippen molar-refractivity contribution >= 4 is 15.9 Å². The molecule has 2 N–H and O–H groups in total. The fraction of sp³-hybridized carbons (Fsp3) is 0.188. The summed E-state index contributed by atoms with van der Waals surface area (Å²) in [6, 6.07) is 13.1. The molecular formula is C16H18N2O4S. The highest BCUT2D eigenvalue weighted by Crippen LogP contribution is 2.12. The summed E-state index contributed by atoms with van der Waals surface area (Å²) in [4.78, 5) is 12.2. The van der Waals surface area contributed by atoms with Gasteiger partial charge in [-0.1, -0.05) is 12.1 Å². The van der Waals surface area contributed by atoms with Crippen LogP contribution in [-0.2, 0) is 16.6 Å². The van der Waals surface area contributed by atoms with Crippen molar-refractivity contribution in [2.24, 2.45) is 0 Å². The Balaban J connectivity index is 2.00.